The van der Waals surface area contributed by atoms with E-state index in [0.29, 0.717) is 6.42 Å². The highest BCUT2D eigenvalue weighted by Crippen LogP contribution is 1.93. The van der Waals surface area contributed by atoms with E-state index in [1.807, 2.05) is 35.2 Å². The topological polar surface area (TPSA) is 44.0 Å². The molecule has 0 amide bonds. The number of unbranched alkanes of at least 4 members (excludes halogenated alkanes) is 1. The average Bonchev–Trinajstić information content (AvgIpc) is 2.14. The molecule has 0 saturated carbocycles. The molecule has 0 aliphatic carbocycles. The van der Waals surface area contributed by atoms with Crippen molar-refractivity contribution in [2.45, 2.75) is 25.8 Å². The van der Waals surface area contributed by atoms with Crippen molar-refractivity contribution in [1.29, 1.82) is 0 Å². The second-order valence-corrected chi connectivity index (χ2v) is 2.94. The first-order chi connectivity index (χ1) is 6.29. The van der Waals surface area contributed by atoms with E-state index in [2.05, 4.69) is 0 Å². The molecule has 4 heteroatoms. The van der Waals surface area contributed by atoms with Crippen molar-refractivity contribution in [2.24, 2.45) is 0 Å². The maximum Gasteiger partial charge on any atom is 0.168 e. The second-order valence-electron chi connectivity index (χ2n) is 2.94. The summed E-state index contributed by atoms with van der Waals surface area (Å²) in [7, 11) is 0. The molecule has 0 aliphatic heterocycles. The van der Waals surface area contributed by atoms with Crippen LogP contribution in [-0.4, -0.2) is 5.97 Å². The molecule has 0 N–H and O–H groups in total. The van der Waals surface area contributed by atoms with E-state index in [1.165, 1.54) is 0 Å². The molecule has 0 saturated heterocycles. The zero-order valence-electron chi connectivity index (χ0n) is 7.89. The summed E-state index contributed by atoms with van der Waals surface area (Å²) in [4.78, 5) is 10.1. The molecule has 0 aromatic carbocycles. The third kappa shape index (κ3) is 5.70. The molecular formula is C10H14BrNO2. The molecule has 1 aromatic rings. The van der Waals surface area contributed by atoms with Crippen molar-refractivity contribution in [2.75, 3.05) is 0 Å². The summed E-state index contributed by atoms with van der Waals surface area (Å²) >= 11 is 0. The lowest BCUT2D eigenvalue weighted by Crippen LogP contribution is -2.32. The van der Waals surface area contributed by atoms with Crippen LogP contribution >= 0.6 is 17.0 Å². The van der Waals surface area contributed by atoms with Gasteiger partial charge in [-0.25, -0.2) is 4.57 Å². The summed E-state index contributed by atoms with van der Waals surface area (Å²) in [6, 6.07) is 5.87. The number of aromatic nitrogens is 1. The van der Waals surface area contributed by atoms with Crippen LogP contribution in [0.25, 0.3) is 0 Å². The van der Waals surface area contributed by atoms with Gasteiger partial charge >= 0.3 is 0 Å². The van der Waals surface area contributed by atoms with Crippen molar-refractivity contribution in [1.82, 2.24) is 0 Å². The molecule has 78 valence electrons. The molecule has 0 bridgehead atoms. The van der Waals surface area contributed by atoms with E-state index >= 15 is 0 Å². The van der Waals surface area contributed by atoms with Crippen LogP contribution in [0.2, 0.25) is 0 Å². The number of carbonyl (C=O) groups is 1. The lowest BCUT2D eigenvalue weighted by atomic mass is 10.2. The zero-order valence-corrected chi connectivity index (χ0v) is 9.60. The lowest BCUT2D eigenvalue weighted by Gasteiger charge is -1.99. The smallest absolute Gasteiger partial charge is 0.168 e. The van der Waals surface area contributed by atoms with Crippen LogP contribution in [0.5, 0.6) is 0 Å². The standard InChI is InChI=1S/C10H13NO2.BrH/c12-10(13)6-2-5-9-11-7-3-1-4-8-11;/h1,3-4,7-8H,2,5-6,9H2;1H. The van der Waals surface area contributed by atoms with E-state index in [-0.39, 0.29) is 23.4 Å². The minimum atomic E-state index is -0.960. The van der Waals surface area contributed by atoms with Gasteiger partial charge in [0.25, 0.3) is 0 Å². The van der Waals surface area contributed by atoms with E-state index in [4.69, 9.17) is 0 Å². The Morgan fingerprint density at radius 3 is 2.36 bits per heavy atom. The normalized spacial score (nSPS) is 9.14. The summed E-state index contributed by atoms with van der Waals surface area (Å²) in [5, 5.41) is 10.1. The molecule has 0 fully saturated rings. The molecule has 0 atom stereocenters. The minimum absolute atomic E-state index is 0. The van der Waals surface area contributed by atoms with E-state index in [1.54, 1.807) is 0 Å². The fourth-order valence-electron chi connectivity index (χ4n) is 1.15. The number of carboxylic acids is 1. The Labute approximate surface area is 94.2 Å². The Morgan fingerprint density at radius 1 is 1.14 bits per heavy atom. The number of aryl methyl sites for hydroxylation is 1. The average molecular weight is 260 g/mol. The van der Waals surface area contributed by atoms with Gasteiger partial charge in [-0.1, -0.05) is 6.07 Å². The summed E-state index contributed by atoms with van der Waals surface area (Å²) in [6.07, 6.45) is 5.66. The van der Waals surface area contributed by atoms with Crippen molar-refractivity contribution >= 4 is 23.0 Å². The zero-order chi connectivity index (χ0) is 9.52. The lowest BCUT2D eigenvalue weighted by molar-refractivity contribution is -0.697. The van der Waals surface area contributed by atoms with Crippen molar-refractivity contribution in [3.05, 3.63) is 30.6 Å². The van der Waals surface area contributed by atoms with Gasteiger partial charge in [0.2, 0.25) is 0 Å². The Hall–Kier alpha value is -0.900. The Kier molecular flexibility index (Phi) is 7.02. The molecule has 0 unspecified atom stereocenters. The highest BCUT2D eigenvalue weighted by atomic mass is 79.9. The highest BCUT2D eigenvalue weighted by molar-refractivity contribution is 8.93. The Balaban J connectivity index is 0.00000169. The summed E-state index contributed by atoms with van der Waals surface area (Å²) in [5.41, 5.74) is 0. The van der Waals surface area contributed by atoms with Gasteiger partial charge in [-0.2, -0.15) is 0 Å². The number of rotatable bonds is 5. The first-order valence-electron chi connectivity index (χ1n) is 4.43. The fraction of sp³-hybridized carbons (Fsp3) is 0.400. The van der Waals surface area contributed by atoms with Gasteiger partial charge in [0.1, 0.15) is 6.54 Å². The van der Waals surface area contributed by atoms with Gasteiger partial charge in [0.05, 0.1) is 0 Å². The van der Waals surface area contributed by atoms with Crippen LogP contribution in [0.3, 0.4) is 0 Å². The number of pyridine rings is 1. The second kappa shape index (κ2) is 7.50. The number of hydrogen-bond donors (Lipinski definition) is 0. The molecule has 14 heavy (non-hydrogen) atoms. The number of halogens is 1. The van der Waals surface area contributed by atoms with Gasteiger partial charge in [0, 0.05) is 24.5 Å². The first-order valence-corrected chi connectivity index (χ1v) is 4.43. The third-order valence-electron chi connectivity index (χ3n) is 1.82. The molecule has 1 heterocycles. The predicted octanol–water partition coefficient (Wildman–Crippen LogP) is 0.472. The maximum atomic E-state index is 10.1. The quantitative estimate of drug-likeness (QED) is 0.570. The number of nitrogens with zero attached hydrogens (tertiary/aromatic N) is 1. The van der Waals surface area contributed by atoms with Crippen LogP contribution in [-0.2, 0) is 11.3 Å². The SMILES string of the molecule is Br.O=C([O-])CCCC[n+]1ccccc1. The molecular weight excluding hydrogens is 246 g/mol. The van der Waals surface area contributed by atoms with Crippen molar-refractivity contribution in [3.63, 3.8) is 0 Å². The van der Waals surface area contributed by atoms with E-state index < -0.39 is 5.97 Å². The monoisotopic (exact) mass is 259 g/mol. The van der Waals surface area contributed by atoms with E-state index in [9.17, 15) is 9.90 Å². The van der Waals surface area contributed by atoms with Crippen molar-refractivity contribution in [3.8, 4) is 0 Å². The molecule has 1 aromatic heterocycles. The van der Waals surface area contributed by atoms with Gasteiger partial charge in [-0.15, -0.1) is 17.0 Å². The van der Waals surface area contributed by atoms with Crippen LogP contribution < -0.4 is 9.67 Å². The first kappa shape index (κ1) is 13.1. The molecule has 0 aliphatic rings. The minimum Gasteiger partial charge on any atom is -0.550 e. The van der Waals surface area contributed by atoms with Crippen LogP contribution in [0.4, 0.5) is 0 Å². The van der Waals surface area contributed by atoms with Gasteiger partial charge in [-0.05, 0) is 12.8 Å². The molecule has 3 nitrogen and oxygen atoms in total. The van der Waals surface area contributed by atoms with Crippen LogP contribution in [0, 0.1) is 0 Å². The van der Waals surface area contributed by atoms with Gasteiger partial charge < -0.3 is 9.90 Å². The number of hydrogen-bond acceptors (Lipinski definition) is 2. The number of carbonyl (C=O) groups excluding carboxylic acids is 1. The molecule has 0 radical (unpaired) electrons. The third-order valence-corrected chi connectivity index (χ3v) is 1.82. The Morgan fingerprint density at radius 2 is 1.79 bits per heavy atom. The molecule has 0 spiro atoms. The Bertz CT molecular complexity index is 264. The number of carboxylic acid groups (broad SMARTS) is 1. The van der Waals surface area contributed by atoms with Crippen LogP contribution in [0.1, 0.15) is 19.3 Å². The maximum absolute atomic E-state index is 10.1. The number of aliphatic carboxylic acids is 1. The predicted molar refractivity (Wildman–Crippen MR) is 55.8 cm³/mol. The summed E-state index contributed by atoms with van der Waals surface area (Å²) in [6.45, 7) is 0.869. The fourth-order valence-corrected chi connectivity index (χ4v) is 1.15. The summed E-state index contributed by atoms with van der Waals surface area (Å²) in [5.74, 6) is -0.960. The highest BCUT2D eigenvalue weighted by Gasteiger charge is 1.96. The largest absolute Gasteiger partial charge is 0.550 e. The molecule has 1 rings (SSSR count). The van der Waals surface area contributed by atoms with Crippen molar-refractivity contribution < 1.29 is 14.5 Å². The van der Waals surface area contributed by atoms with E-state index in [0.717, 1.165) is 13.0 Å². The van der Waals surface area contributed by atoms with Gasteiger partial charge in [0.15, 0.2) is 12.4 Å². The van der Waals surface area contributed by atoms with Gasteiger partial charge in [-0.3, -0.25) is 0 Å². The van der Waals surface area contributed by atoms with Crippen LogP contribution in [0.15, 0.2) is 30.6 Å². The summed E-state index contributed by atoms with van der Waals surface area (Å²) < 4.78 is 2.04.